The maximum Gasteiger partial charge on any atom is 0.191 e. The Kier molecular flexibility index (Phi) is 7.43. The molecule has 0 fully saturated rings. The first-order chi connectivity index (χ1) is 10.1. The molecular weight excluding hydrogens is 266 g/mol. The van der Waals surface area contributed by atoms with Gasteiger partial charge in [0, 0.05) is 18.7 Å². The molecule has 0 heterocycles. The molecule has 0 atom stereocenters. The van der Waals surface area contributed by atoms with E-state index in [9.17, 15) is 5.11 Å². The third-order valence-corrected chi connectivity index (χ3v) is 3.05. The van der Waals surface area contributed by atoms with Crippen LogP contribution >= 0.6 is 0 Å². The average Bonchev–Trinajstić information content (AvgIpc) is 2.45. The van der Waals surface area contributed by atoms with Crippen LogP contribution in [-0.4, -0.2) is 31.3 Å². The van der Waals surface area contributed by atoms with Crippen LogP contribution < -0.4 is 15.4 Å². The van der Waals surface area contributed by atoms with Crippen LogP contribution in [0.25, 0.3) is 0 Å². The van der Waals surface area contributed by atoms with E-state index in [1.807, 2.05) is 6.92 Å². The van der Waals surface area contributed by atoms with Crippen molar-refractivity contribution in [1.29, 1.82) is 0 Å². The normalized spacial score (nSPS) is 11.6. The van der Waals surface area contributed by atoms with Crippen LogP contribution in [0, 0.1) is 5.92 Å². The monoisotopic (exact) mass is 293 g/mol. The Balaban J connectivity index is 2.68. The van der Waals surface area contributed by atoms with Gasteiger partial charge in [-0.15, -0.1) is 0 Å². The van der Waals surface area contributed by atoms with Gasteiger partial charge < -0.3 is 20.5 Å². The van der Waals surface area contributed by atoms with E-state index in [4.69, 9.17) is 4.74 Å². The van der Waals surface area contributed by atoms with Gasteiger partial charge in [0.05, 0.1) is 13.7 Å². The topological polar surface area (TPSA) is 65.9 Å². The molecule has 0 saturated carbocycles. The molecule has 1 aromatic rings. The number of methoxy groups -OCH3 is 1. The second-order valence-electron chi connectivity index (χ2n) is 5.30. The zero-order chi connectivity index (χ0) is 15.7. The minimum atomic E-state index is 0.234. The summed E-state index contributed by atoms with van der Waals surface area (Å²) in [6.45, 7) is 8.51. The van der Waals surface area contributed by atoms with E-state index < -0.39 is 0 Å². The van der Waals surface area contributed by atoms with Crippen LogP contribution in [0.3, 0.4) is 0 Å². The predicted octanol–water partition coefficient (Wildman–Crippen LogP) is 2.50. The van der Waals surface area contributed by atoms with E-state index >= 15 is 0 Å². The van der Waals surface area contributed by atoms with Gasteiger partial charge in [0.1, 0.15) is 11.5 Å². The summed E-state index contributed by atoms with van der Waals surface area (Å²) in [5.41, 5.74) is 0.746. The Labute approximate surface area is 127 Å². The molecule has 0 bridgehead atoms. The Bertz CT molecular complexity index is 459. The van der Waals surface area contributed by atoms with Gasteiger partial charge in [0.25, 0.3) is 0 Å². The van der Waals surface area contributed by atoms with Gasteiger partial charge in [0.2, 0.25) is 0 Å². The van der Waals surface area contributed by atoms with Crippen molar-refractivity contribution in [2.75, 3.05) is 20.2 Å². The van der Waals surface area contributed by atoms with Crippen molar-refractivity contribution >= 4 is 5.96 Å². The number of aromatic hydroxyl groups is 1. The number of hydrogen-bond donors (Lipinski definition) is 3. The van der Waals surface area contributed by atoms with Gasteiger partial charge in [-0.3, -0.25) is 0 Å². The number of benzene rings is 1. The number of phenols is 1. The highest BCUT2D eigenvalue weighted by atomic mass is 16.5. The minimum Gasteiger partial charge on any atom is -0.508 e. The van der Waals surface area contributed by atoms with Crippen LogP contribution in [0.4, 0.5) is 0 Å². The van der Waals surface area contributed by atoms with Crippen LogP contribution in [0.2, 0.25) is 0 Å². The van der Waals surface area contributed by atoms with Gasteiger partial charge in [-0.1, -0.05) is 13.8 Å². The quantitative estimate of drug-likeness (QED) is 0.534. The maximum atomic E-state index is 9.86. The number of nitrogens with one attached hydrogen (secondary N) is 2. The summed E-state index contributed by atoms with van der Waals surface area (Å²) < 4.78 is 5.16. The van der Waals surface area contributed by atoms with Crippen LogP contribution in [0.15, 0.2) is 23.2 Å². The van der Waals surface area contributed by atoms with Crippen LogP contribution in [0.5, 0.6) is 11.5 Å². The summed E-state index contributed by atoms with van der Waals surface area (Å²) in [4.78, 5) is 4.50. The molecule has 0 aliphatic rings. The van der Waals surface area contributed by atoms with Gasteiger partial charge in [-0.05, 0) is 37.5 Å². The minimum absolute atomic E-state index is 0.234. The molecule has 3 N–H and O–H groups in total. The molecular formula is C16H27N3O2. The molecule has 5 nitrogen and oxygen atoms in total. The fourth-order valence-electron chi connectivity index (χ4n) is 1.80. The average molecular weight is 293 g/mol. The molecule has 1 aromatic carbocycles. The molecule has 1 rings (SSSR count). The molecule has 0 saturated heterocycles. The Morgan fingerprint density at radius 1 is 1.33 bits per heavy atom. The highest BCUT2D eigenvalue weighted by molar-refractivity contribution is 5.79. The number of nitrogens with zero attached hydrogens (tertiary/aromatic N) is 1. The van der Waals surface area contributed by atoms with Crippen molar-refractivity contribution in [3.05, 3.63) is 23.8 Å². The van der Waals surface area contributed by atoms with E-state index in [1.54, 1.807) is 25.3 Å². The second-order valence-corrected chi connectivity index (χ2v) is 5.30. The Morgan fingerprint density at radius 3 is 2.71 bits per heavy atom. The summed E-state index contributed by atoms with van der Waals surface area (Å²) in [7, 11) is 1.61. The Morgan fingerprint density at radius 2 is 2.10 bits per heavy atom. The summed E-state index contributed by atoms with van der Waals surface area (Å²) in [5, 5.41) is 16.4. The lowest BCUT2D eigenvalue weighted by Gasteiger charge is -2.12. The van der Waals surface area contributed by atoms with Gasteiger partial charge >= 0.3 is 0 Å². The maximum absolute atomic E-state index is 9.86. The first-order valence-corrected chi connectivity index (χ1v) is 7.44. The van der Waals surface area contributed by atoms with Crippen molar-refractivity contribution in [2.45, 2.75) is 33.7 Å². The third kappa shape index (κ3) is 6.38. The molecule has 0 aromatic heterocycles. The largest absolute Gasteiger partial charge is 0.508 e. The zero-order valence-corrected chi connectivity index (χ0v) is 13.4. The van der Waals surface area contributed by atoms with Crippen molar-refractivity contribution in [3.8, 4) is 11.5 Å². The summed E-state index contributed by atoms with van der Waals surface area (Å²) >= 11 is 0. The van der Waals surface area contributed by atoms with Crippen LogP contribution in [0.1, 0.15) is 32.8 Å². The predicted molar refractivity (Wildman–Crippen MR) is 86.9 cm³/mol. The van der Waals surface area contributed by atoms with Gasteiger partial charge in [0.15, 0.2) is 5.96 Å². The molecule has 0 spiro atoms. The number of rotatable bonds is 7. The van der Waals surface area contributed by atoms with E-state index in [0.717, 1.165) is 36.8 Å². The van der Waals surface area contributed by atoms with E-state index in [-0.39, 0.29) is 5.75 Å². The fraction of sp³-hybridized carbons (Fsp3) is 0.562. The number of phenolic OH excluding ortho intramolecular Hbond substituents is 1. The Hall–Kier alpha value is -1.91. The molecule has 0 amide bonds. The summed E-state index contributed by atoms with van der Waals surface area (Å²) in [5.74, 6) is 2.37. The molecule has 0 aliphatic carbocycles. The lowest BCUT2D eigenvalue weighted by molar-refractivity contribution is 0.411. The van der Waals surface area contributed by atoms with E-state index in [1.165, 1.54) is 0 Å². The SMILES string of the molecule is CCNC(=NCc1cc(OC)ccc1O)NCCC(C)C. The van der Waals surface area contributed by atoms with Gasteiger partial charge in [-0.2, -0.15) is 0 Å². The molecule has 5 heteroatoms. The number of ether oxygens (including phenoxy) is 1. The molecule has 0 unspecified atom stereocenters. The lowest BCUT2D eigenvalue weighted by Crippen LogP contribution is -2.38. The first-order valence-electron chi connectivity index (χ1n) is 7.44. The van der Waals surface area contributed by atoms with Crippen LogP contribution in [-0.2, 0) is 6.54 Å². The lowest BCUT2D eigenvalue weighted by atomic mass is 10.1. The van der Waals surface area contributed by atoms with Crippen molar-refractivity contribution in [2.24, 2.45) is 10.9 Å². The smallest absolute Gasteiger partial charge is 0.191 e. The third-order valence-electron chi connectivity index (χ3n) is 3.05. The highest BCUT2D eigenvalue weighted by Crippen LogP contribution is 2.23. The number of guanidine groups is 1. The number of hydrogen-bond acceptors (Lipinski definition) is 3. The van der Waals surface area contributed by atoms with Gasteiger partial charge in [-0.25, -0.2) is 4.99 Å². The molecule has 21 heavy (non-hydrogen) atoms. The van der Waals surface area contributed by atoms with Crippen molar-refractivity contribution in [3.63, 3.8) is 0 Å². The van der Waals surface area contributed by atoms with Crippen molar-refractivity contribution in [1.82, 2.24) is 10.6 Å². The van der Waals surface area contributed by atoms with E-state index in [0.29, 0.717) is 12.5 Å². The molecule has 118 valence electrons. The zero-order valence-electron chi connectivity index (χ0n) is 13.4. The molecule has 0 aliphatic heterocycles. The second kappa shape index (κ2) is 9.10. The van der Waals surface area contributed by atoms with Crippen molar-refractivity contribution < 1.29 is 9.84 Å². The highest BCUT2D eigenvalue weighted by Gasteiger charge is 2.04. The fourth-order valence-corrected chi connectivity index (χ4v) is 1.80. The first kappa shape index (κ1) is 17.1. The van der Waals surface area contributed by atoms with E-state index in [2.05, 4.69) is 29.5 Å². The number of aliphatic imine (C=N–C) groups is 1. The summed E-state index contributed by atoms with van der Waals surface area (Å²) in [6.07, 6.45) is 1.09. The summed E-state index contributed by atoms with van der Waals surface area (Å²) in [6, 6.07) is 5.16. The standard InChI is InChI=1S/C16H27N3O2/c1-5-17-16(18-9-8-12(2)3)19-11-13-10-14(21-4)6-7-15(13)20/h6-7,10,12,20H,5,8-9,11H2,1-4H3,(H2,17,18,19). The molecule has 0 radical (unpaired) electrons.